The van der Waals surface area contributed by atoms with Gasteiger partial charge in [0.25, 0.3) is 0 Å². The largest absolute Gasteiger partial charge is 0.507 e. The third-order valence-corrected chi connectivity index (χ3v) is 6.18. The van der Waals surface area contributed by atoms with Crippen molar-refractivity contribution in [2.45, 2.75) is 37.6 Å². The van der Waals surface area contributed by atoms with Crippen LogP contribution in [0.4, 0.5) is 0 Å². The van der Waals surface area contributed by atoms with Gasteiger partial charge in [-0.1, -0.05) is 0 Å². The van der Waals surface area contributed by atoms with Crippen LogP contribution in [0, 0.1) is 6.92 Å². The van der Waals surface area contributed by atoms with Gasteiger partial charge in [0, 0.05) is 28.9 Å². The molecule has 2 aliphatic rings. The fourth-order valence-electron chi connectivity index (χ4n) is 4.51. The predicted octanol–water partition coefficient (Wildman–Crippen LogP) is 0.203. The molecule has 10 heteroatoms. The maximum atomic E-state index is 13.6. The first-order valence-electron chi connectivity index (χ1n) is 10.5. The van der Waals surface area contributed by atoms with Crippen molar-refractivity contribution in [2.24, 2.45) is 0 Å². The fraction of sp³-hybridized carbons (Fsp3) is 0.292. The lowest BCUT2D eigenvalue weighted by Crippen LogP contribution is -2.60. The quantitative estimate of drug-likeness (QED) is 0.281. The Balaban J connectivity index is 1.70. The molecule has 1 aromatic heterocycles. The van der Waals surface area contributed by atoms with Crippen LogP contribution in [0.2, 0.25) is 0 Å². The van der Waals surface area contributed by atoms with Gasteiger partial charge in [-0.25, -0.2) is 0 Å². The standard InChI is InChI=1S/C24H21NO9/c1-9-4-12-16(13(27)5-9)21(30)18-14(6-10-7-25-3-2-11(10)17(18)19(12)28)33-24-23(32)22(31)20(29)15(8-26)34-24/h2-7,15,20,22-24,26-27,29,31-32H,8H2,1H3/t15-,20-,22+,23-,24+/m1/s1. The molecule has 1 fully saturated rings. The number of aliphatic hydroxyl groups excluding tert-OH is 4. The number of ketones is 2. The summed E-state index contributed by atoms with van der Waals surface area (Å²) in [6.45, 7) is 1.02. The number of carbonyl (C=O) groups is 2. The number of phenols is 1. The summed E-state index contributed by atoms with van der Waals surface area (Å²) >= 11 is 0. The normalized spacial score (nSPS) is 26.3. The van der Waals surface area contributed by atoms with Crippen molar-refractivity contribution < 1.29 is 44.6 Å². The number of hydrogen-bond acceptors (Lipinski definition) is 10. The van der Waals surface area contributed by atoms with E-state index >= 15 is 0 Å². The van der Waals surface area contributed by atoms with Crippen molar-refractivity contribution in [1.82, 2.24) is 4.98 Å². The van der Waals surface area contributed by atoms with Crippen molar-refractivity contribution in [3.63, 3.8) is 0 Å². The van der Waals surface area contributed by atoms with Gasteiger partial charge in [-0.2, -0.15) is 0 Å². The number of benzene rings is 2. The van der Waals surface area contributed by atoms with Crippen molar-refractivity contribution in [3.05, 3.63) is 64.5 Å². The third kappa shape index (κ3) is 3.27. The van der Waals surface area contributed by atoms with Crippen LogP contribution in [0.5, 0.6) is 11.5 Å². The summed E-state index contributed by atoms with van der Waals surface area (Å²) in [5, 5.41) is 51.4. The van der Waals surface area contributed by atoms with E-state index in [1.54, 1.807) is 13.0 Å². The van der Waals surface area contributed by atoms with Crippen LogP contribution in [0.15, 0.2) is 36.7 Å². The first-order chi connectivity index (χ1) is 16.2. The van der Waals surface area contributed by atoms with E-state index in [2.05, 4.69) is 4.98 Å². The molecule has 2 aromatic carbocycles. The van der Waals surface area contributed by atoms with E-state index in [0.717, 1.165) is 0 Å². The number of aliphatic hydroxyl groups is 4. The first kappa shape index (κ1) is 22.4. The molecule has 3 aromatic rings. The average Bonchev–Trinajstić information content (AvgIpc) is 2.81. The van der Waals surface area contributed by atoms with Gasteiger partial charge in [0.05, 0.1) is 17.7 Å². The zero-order chi connectivity index (χ0) is 24.3. The SMILES string of the molecule is Cc1cc(O)c2c(c1)C(=O)c1c(c(O[C@H]3O[C@H](CO)[C@@H](O)[C@H](O)[C@H]3O)cc3cnccc13)C2=O. The maximum Gasteiger partial charge on any atom is 0.229 e. The molecule has 5 rings (SSSR count). The van der Waals surface area contributed by atoms with Gasteiger partial charge in [0.2, 0.25) is 12.1 Å². The minimum atomic E-state index is -1.73. The maximum absolute atomic E-state index is 13.6. The summed E-state index contributed by atoms with van der Waals surface area (Å²) in [5.41, 5.74) is 0.378. The molecule has 5 N–H and O–H groups in total. The molecule has 0 bridgehead atoms. The lowest BCUT2D eigenvalue weighted by atomic mass is 9.80. The summed E-state index contributed by atoms with van der Waals surface area (Å²) < 4.78 is 11.2. The van der Waals surface area contributed by atoms with Gasteiger partial charge >= 0.3 is 0 Å². The van der Waals surface area contributed by atoms with Crippen LogP contribution in [0.1, 0.15) is 37.4 Å². The molecule has 0 unspecified atom stereocenters. The minimum Gasteiger partial charge on any atom is -0.507 e. The molecular formula is C24H21NO9. The van der Waals surface area contributed by atoms with Crippen LogP contribution in [0.25, 0.3) is 10.8 Å². The zero-order valence-corrected chi connectivity index (χ0v) is 17.9. The minimum absolute atomic E-state index is 0.0435. The number of rotatable bonds is 3. The summed E-state index contributed by atoms with van der Waals surface area (Å²) in [6.07, 6.45) is -4.88. The van der Waals surface area contributed by atoms with Crippen molar-refractivity contribution >= 4 is 22.3 Å². The van der Waals surface area contributed by atoms with Gasteiger partial charge in [0.1, 0.15) is 35.9 Å². The molecule has 2 heterocycles. The van der Waals surface area contributed by atoms with E-state index in [1.807, 2.05) is 0 Å². The molecule has 0 radical (unpaired) electrons. The highest BCUT2D eigenvalue weighted by molar-refractivity contribution is 6.33. The van der Waals surface area contributed by atoms with Crippen LogP contribution in [-0.4, -0.2) is 79.4 Å². The number of aromatic hydroxyl groups is 1. The van der Waals surface area contributed by atoms with E-state index in [0.29, 0.717) is 16.3 Å². The number of phenolic OH excluding ortho intramolecular Hbond substituents is 1. The second kappa shape index (κ2) is 8.12. The Morgan fingerprint density at radius 3 is 2.50 bits per heavy atom. The van der Waals surface area contributed by atoms with E-state index in [9.17, 15) is 35.1 Å². The molecule has 1 aliphatic carbocycles. The Hall–Kier alpha value is -3.41. The van der Waals surface area contributed by atoms with Gasteiger partial charge in [-0.3, -0.25) is 14.6 Å². The second-order valence-electron chi connectivity index (χ2n) is 8.40. The monoisotopic (exact) mass is 467 g/mol. The number of fused-ring (bicyclic) bond motifs is 4. The van der Waals surface area contributed by atoms with E-state index in [-0.39, 0.29) is 33.8 Å². The lowest BCUT2D eigenvalue weighted by molar-refractivity contribution is -0.277. The molecule has 10 nitrogen and oxygen atoms in total. The summed E-state index contributed by atoms with van der Waals surface area (Å²) in [4.78, 5) is 31.2. The third-order valence-electron chi connectivity index (χ3n) is 6.18. The van der Waals surface area contributed by atoms with Gasteiger partial charge in [-0.05, 0) is 42.1 Å². The van der Waals surface area contributed by atoms with Crippen LogP contribution in [0.3, 0.4) is 0 Å². The smallest absolute Gasteiger partial charge is 0.229 e. The molecule has 1 saturated heterocycles. The Bertz CT molecular complexity index is 1340. The molecule has 0 saturated carbocycles. The Labute approximate surface area is 192 Å². The highest BCUT2D eigenvalue weighted by atomic mass is 16.7. The van der Waals surface area contributed by atoms with E-state index in [4.69, 9.17) is 9.47 Å². The number of carbonyl (C=O) groups excluding carboxylic acids is 2. The van der Waals surface area contributed by atoms with E-state index in [1.165, 1.54) is 30.6 Å². The Kier molecular flexibility index (Phi) is 5.34. The first-order valence-corrected chi connectivity index (χ1v) is 10.5. The summed E-state index contributed by atoms with van der Waals surface area (Å²) in [7, 11) is 0. The molecule has 34 heavy (non-hydrogen) atoms. The van der Waals surface area contributed by atoms with Crippen LogP contribution >= 0.6 is 0 Å². The van der Waals surface area contributed by atoms with Crippen LogP contribution < -0.4 is 4.74 Å². The van der Waals surface area contributed by atoms with Crippen LogP contribution in [-0.2, 0) is 4.74 Å². The molecule has 1 aliphatic heterocycles. The number of ether oxygens (including phenoxy) is 2. The summed E-state index contributed by atoms with van der Waals surface area (Å²) in [6, 6.07) is 5.91. The fourth-order valence-corrected chi connectivity index (χ4v) is 4.51. The number of hydrogen-bond donors (Lipinski definition) is 5. The van der Waals surface area contributed by atoms with Gasteiger partial charge in [0.15, 0.2) is 5.78 Å². The van der Waals surface area contributed by atoms with Crippen molar-refractivity contribution in [3.8, 4) is 11.5 Å². The Morgan fingerprint density at radius 2 is 1.76 bits per heavy atom. The van der Waals surface area contributed by atoms with Crippen molar-refractivity contribution in [2.75, 3.05) is 6.61 Å². The number of pyridine rings is 1. The second-order valence-corrected chi connectivity index (χ2v) is 8.40. The van der Waals surface area contributed by atoms with E-state index < -0.39 is 48.9 Å². The van der Waals surface area contributed by atoms with Gasteiger partial charge in [-0.15, -0.1) is 0 Å². The molecule has 0 spiro atoms. The number of nitrogens with zero attached hydrogens (tertiary/aromatic N) is 1. The Morgan fingerprint density at radius 1 is 1.00 bits per heavy atom. The summed E-state index contributed by atoms with van der Waals surface area (Å²) in [5.74, 6) is -1.67. The molecule has 0 amide bonds. The number of aromatic nitrogens is 1. The predicted molar refractivity (Wildman–Crippen MR) is 116 cm³/mol. The molecule has 5 atom stereocenters. The highest BCUT2D eigenvalue weighted by Gasteiger charge is 2.46. The topological polar surface area (TPSA) is 167 Å². The molecule has 176 valence electrons. The molecular weight excluding hydrogens is 446 g/mol. The number of aryl methyl sites for hydroxylation is 1. The zero-order valence-electron chi connectivity index (χ0n) is 17.9. The average molecular weight is 467 g/mol. The van der Waals surface area contributed by atoms with Crippen molar-refractivity contribution in [1.29, 1.82) is 0 Å². The van der Waals surface area contributed by atoms with Gasteiger partial charge < -0.3 is 35.0 Å². The highest BCUT2D eigenvalue weighted by Crippen LogP contribution is 2.42. The lowest BCUT2D eigenvalue weighted by Gasteiger charge is -2.40.